The molecule has 0 nitrogen and oxygen atoms in total. The first-order valence-electron chi connectivity index (χ1n) is 5.28. The van der Waals surface area contributed by atoms with Gasteiger partial charge in [-0.05, 0) is 50.4 Å². The van der Waals surface area contributed by atoms with Crippen molar-refractivity contribution in [1.29, 1.82) is 0 Å². The number of allylic oxidation sites excluding steroid dienone is 2. The lowest BCUT2D eigenvalue weighted by Crippen LogP contribution is -2.34. The zero-order valence-electron chi connectivity index (χ0n) is 8.77. The second-order valence-corrected chi connectivity index (χ2v) is 4.72. The van der Waals surface area contributed by atoms with Gasteiger partial charge in [-0.25, -0.2) is 0 Å². The van der Waals surface area contributed by atoms with Crippen LogP contribution in [0.2, 0.25) is 0 Å². The van der Waals surface area contributed by atoms with Crippen LogP contribution < -0.4 is 0 Å². The average molecular weight is 166 g/mol. The topological polar surface area (TPSA) is 0 Å². The third kappa shape index (κ3) is 2.36. The zero-order chi connectivity index (χ0) is 9.03. The van der Waals surface area contributed by atoms with Crippen LogP contribution in [0.3, 0.4) is 0 Å². The largest absolute Gasteiger partial charge is 0.0917 e. The smallest absolute Gasteiger partial charge is 0.0326 e. The number of rotatable bonds is 4. The van der Waals surface area contributed by atoms with Crippen LogP contribution in [0.1, 0.15) is 52.9 Å². The van der Waals surface area contributed by atoms with E-state index in [9.17, 15) is 0 Å². The van der Waals surface area contributed by atoms with E-state index in [1.165, 1.54) is 32.1 Å². The molecular weight excluding hydrogens is 144 g/mol. The van der Waals surface area contributed by atoms with Gasteiger partial charge < -0.3 is 0 Å². The summed E-state index contributed by atoms with van der Waals surface area (Å²) >= 11 is 0. The Bertz CT molecular complexity index is 153. The number of unbranched alkanes of at least 4 members (excludes halogenated alkanes) is 1. The predicted octanol–water partition coefficient (Wildman–Crippen LogP) is 4.17. The van der Waals surface area contributed by atoms with Crippen LogP contribution >= 0.6 is 0 Å². The molecule has 1 aliphatic rings. The van der Waals surface area contributed by atoms with E-state index in [0.29, 0.717) is 5.41 Å². The van der Waals surface area contributed by atoms with Crippen LogP contribution in [0, 0.1) is 11.3 Å². The molecule has 0 aromatic carbocycles. The summed E-state index contributed by atoms with van der Waals surface area (Å²) in [6, 6.07) is 0. The SMILES string of the molecule is C/C=C/CCCC1CCC1(C)C. The van der Waals surface area contributed by atoms with Crippen molar-refractivity contribution in [2.24, 2.45) is 11.3 Å². The number of hydrogen-bond donors (Lipinski definition) is 0. The fraction of sp³-hybridized carbons (Fsp3) is 0.833. The summed E-state index contributed by atoms with van der Waals surface area (Å²) in [5.74, 6) is 1.02. The van der Waals surface area contributed by atoms with Gasteiger partial charge in [0, 0.05) is 0 Å². The molecule has 0 spiro atoms. The van der Waals surface area contributed by atoms with E-state index < -0.39 is 0 Å². The van der Waals surface area contributed by atoms with Crippen molar-refractivity contribution in [3.05, 3.63) is 12.2 Å². The molecule has 0 aromatic rings. The second kappa shape index (κ2) is 4.11. The van der Waals surface area contributed by atoms with Crippen LogP contribution in [0.4, 0.5) is 0 Å². The minimum absolute atomic E-state index is 0.663. The molecule has 1 atom stereocenters. The Hall–Kier alpha value is -0.260. The van der Waals surface area contributed by atoms with Crippen molar-refractivity contribution >= 4 is 0 Å². The molecule has 70 valence electrons. The molecule has 0 N–H and O–H groups in total. The fourth-order valence-electron chi connectivity index (χ4n) is 2.11. The highest BCUT2D eigenvalue weighted by Gasteiger charge is 2.37. The second-order valence-electron chi connectivity index (χ2n) is 4.72. The molecule has 1 unspecified atom stereocenters. The van der Waals surface area contributed by atoms with Gasteiger partial charge in [0.05, 0.1) is 0 Å². The van der Waals surface area contributed by atoms with Crippen molar-refractivity contribution in [3.8, 4) is 0 Å². The van der Waals surface area contributed by atoms with Gasteiger partial charge in [-0.15, -0.1) is 0 Å². The fourth-order valence-corrected chi connectivity index (χ4v) is 2.11. The maximum Gasteiger partial charge on any atom is -0.0326 e. The van der Waals surface area contributed by atoms with Crippen LogP contribution in [0.5, 0.6) is 0 Å². The van der Waals surface area contributed by atoms with E-state index in [4.69, 9.17) is 0 Å². The van der Waals surface area contributed by atoms with E-state index >= 15 is 0 Å². The Labute approximate surface area is 77.1 Å². The first kappa shape index (κ1) is 9.83. The highest BCUT2D eigenvalue weighted by Crippen LogP contribution is 2.48. The molecule has 0 amide bonds. The van der Waals surface area contributed by atoms with Gasteiger partial charge in [0.25, 0.3) is 0 Å². The lowest BCUT2D eigenvalue weighted by Gasteiger charge is -2.44. The monoisotopic (exact) mass is 166 g/mol. The average Bonchev–Trinajstić information content (AvgIpc) is 2.02. The Morgan fingerprint density at radius 2 is 2.17 bits per heavy atom. The van der Waals surface area contributed by atoms with Crippen LogP contribution in [-0.4, -0.2) is 0 Å². The molecule has 0 heterocycles. The molecular formula is C12H22. The van der Waals surface area contributed by atoms with Gasteiger partial charge >= 0.3 is 0 Å². The van der Waals surface area contributed by atoms with Crippen LogP contribution in [0.15, 0.2) is 12.2 Å². The minimum atomic E-state index is 0.663. The van der Waals surface area contributed by atoms with Crippen molar-refractivity contribution in [1.82, 2.24) is 0 Å². The summed E-state index contributed by atoms with van der Waals surface area (Å²) < 4.78 is 0. The van der Waals surface area contributed by atoms with Gasteiger partial charge in [-0.2, -0.15) is 0 Å². The van der Waals surface area contributed by atoms with Gasteiger partial charge in [0.15, 0.2) is 0 Å². The molecule has 1 aliphatic carbocycles. The minimum Gasteiger partial charge on any atom is -0.0917 e. The Morgan fingerprint density at radius 1 is 1.42 bits per heavy atom. The highest BCUT2D eigenvalue weighted by molar-refractivity contribution is 4.88. The lowest BCUT2D eigenvalue weighted by molar-refractivity contribution is 0.0631. The summed E-state index contributed by atoms with van der Waals surface area (Å²) in [5, 5.41) is 0. The first-order chi connectivity index (χ1) is 5.67. The third-order valence-electron chi connectivity index (χ3n) is 3.40. The molecule has 12 heavy (non-hydrogen) atoms. The predicted molar refractivity (Wildman–Crippen MR) is 55.2 cm³/mol. The molecule has 0 radical (unpaired) electrons. The molecule has 0 aliphatic heterocycles. The summed E-state index contributed by atoms with van der Waals surface area (Å²) in [7, 11) is 0. The van der Waals surface area contributed by atoms with E-state index in [-0.39, 0.29) is 0 Å². The van der Waals surface area contributed by atoms with E-state index in [2.05, 4.69) is 32.9 Å². The molecule has 0 heteroatoms. The zero-order valence-corrected chi connectivity index (χ0v) is 8.77. The van der Waals surface area contributed by atoms with Gasteiger partial charge in [-0.1, -0.05) is 26.0 Å². The summed E-state index contributed by atoms with van der Waals surface area (Å²) in [5.41, 5.74) is 0.663. The Balaban J connectivity index is 2.08. The van der Waals surface area contributed by atoms with E-state index in [0.717, 1.165) is 5.92 Å². The molecule has 0 bridgehead atoms. The maximum absolute atomic E-state index is 2.41. The molecule has 1 saturated carbocycles. The quantitative estimate of drug-likeness (QED) is 0.434. The Kier molecular flexibility index (Phi) is 3.37. The Morgan fingerprint density at radius 3 is 2.58 bits per heavy atom. The standard InChI is InChI=1S/C12H22/c1-4-5-6-7-8-11-9-10-12(11,2)3/h4-5,11H,6-10H2,1-3H3/b5-4+. The summed E-state index contributed by atoms with van der Waals surface area (Å²) in [6.07, 6.45) is 11.5. The molecule has 1 fully saturated rings. The van der Waals surface area contributed by atoms with Gasteiger partial charge in [0.1, 0.15) is 0 Å². The number of hydrogen-bond acceptors (Lipinski definition) is 0. The van der Waals surface area contributed by atoms with Crippen molar-refractivity contribution in [2.45, 2.75) is 52.9 Å². The maximum atomic E-state index is 2.41. The normalized spacial score (nSPS) is 27.4. The lowest BCUT2D eigenvalue weighted by atomic mass is 9.61. The van der Waals surface area contributed by atoms with Crippen LogP contribution in [0.25, 0.3) is 0 Å². The van der Waals surface area contributed by atoms with Crippen molar-refractivity contribution < 1.29 is 0 Å². The van der Waals surface area contributed by atoms with E-state index in [1.807, 2.05) is 0 Å². The van der Waals surface area contributed by atoms with Crippen molar-refractivity contribution in [3.63, 3.8) is 0 Å². The van der Waals surface area contributed by atoms with Crippen LogP contribution in [-0.2, 0) is 0 Å². The third-order valence-corrected chi connectivity index (χ3v) is 3.40. The highest BCUT2D eigenvalue weighted by atomic mass is 14.4. The summed E-state index contributed by atoms with van der Waals surface area (Å²) in [4.78, 5) is 0. The molecule has 0 saturated heterocycles. The first-order valence-corrected chi connectivity index (χ1v) is 5.28. The van der Waals surface area contributed by atoms with Crippen molar-refractivity contribution in [2.75, 3.05) is 0 Å². The summed E-state index contributed by atoms with van der Waals surface area (Å²) in [6.45, 7) is 6.93. The molecule has 0 aromatic heterocycles. The van der Waals surface area contributed by atoms with E-state index in [1.54, 1.807) is 0 Å². The van der Waals surface area contributed by atoms with Gasteiger partial charge in [0.2, 0.25) is 0 Å². The molecule has 1 rings (SSSR count). The van der Waals surface area contributed by atoms with Gasteiger partial charge in [-0.3, -0.25) is 0 Å².